The van der Waals surface area contributed by atoms with Crippen molar-refractivity contribution in [2.24, 2.45) is 0 Å². The Morgan fingerprint density at radius 1 is 1.11 bits per heavy atom. The second kappa shape index (κ2) is 9.91. The Balaban J connectivity index is 1.79. The minimum atomic E-state index is -0.671. The summed E-state index contributed by atoms with van der Waals surface area (Å²) in [5.74, 6) is 0.00483. The first-order valence-corrected chi connectivity index (χ1v) is 11.8. The monoisotopic (exact) mass is 550 g/mol. The molecule has 184 valence electrons. The fourth-order valence-electron chi connectivity index (χ4n) is 4.24. The van der Waals surface area contributed by atoms with Crippen LogP contribution in [-0.2, 0) is 13.0 Å². The minimum absolute atomic E-state index is 0.0292. The van der Waals surface area contributed by atoms with Crippen LogP contribution in [0.5, 0.6) is 17.4 Å². The van der Waals surface area contributed by atoms with Gasteiger partial charge in [0.25, 0.3) is 5.56 Å². The number of furan rings is 1. The lowest BCUT2D eigenvalue weighted by molar-refractivity contribution is 0.101. The molecular formula is C27H23BrN2O6. The molecule has 2 aromatic heterocycles. The van der Waals surface area contributed by atoms with E-state index in [1.54, 1.807) is 25.1 Å². The number of aryl methyl sites for hydroxylation is 2. The minimum Gasteiger partial charge on any atom is -0.494 e. The van der Waals surface area contributed by atoms with E-state index < -0.39 is 17.2 Å². The van der Waals surface area contributed by atoms with Gasteiger partial charge < -0.3 is 19.0 Å². The van der Waals surface area contributed by atoms with Crippen molar-refractivity contribution in [3.8, 4) is 23.4 Å². The van der Waals surface area contributed by atoms with Gasteiger partial charge in [0.2, 0.25) is 11.7 Å². The van der Waals surface area contributed by atoms with Crippen LogP contribution < -0.4 is 15.0 Å². The molecule has 2 heterocycles. The highest BCUT2D eigenvalue weighted by Crippen LogP contribution is 2.33. The van der Waals surface area contributed by atoms with E-state index >= 15 is 0 Å². The van der Waals surface area contributed by atoms with Crippen LogP contribution in [0, 0.1) is 25.2 Å². The summed E-state index contributed by atoms with van der Waals surface area (Å²) in [6.07, 6.45) is 0.326. The fraction of sp³-hybridized carbons (Fsp3) is 0.222. The molecule has 0 spiro atoms. The topological polar surface area (TPSA) is 115 Å². The summed E-state index contributed by atoms with van der Waals surface area (Å²) < 4.78 is 18.3. The van der Waals surface area contributed by atoms with Crippen LogP contribution in [0.15, 0.2) is 50.1 Å². The van der Waals surface area contributed by atoms with Crippen molar-refractivity contribution in [2.75, 3.05) is 14.2 Å². The van der Waals surface area contributed by atoms with Crippen molar-refractivity contribution < 1.29 is 23.8 Å². The van der Waals surface area contributed by atoms with Gasteiger partial charge >= 0.3 is 0 Å². The van der Waals surface area contributed by atoms with Crippen molar-refractivity contribution in [3.05, 3.63) is 84.8 Å². The number of ketones is 1. The maximum Gasteiger partial charge on any atom is 0.271 e. The van der Waals surface area contributed by atoms with Gasteiger partial charge in [-0.2, -0.15) is 5.26 Å². The molecule has 2 aromatic carbocycles. The Kier molecular flexibility index (Phi) is 6.91. The van der Waals surface area contributed by atoms with Gasteiger partial charge in [0.15, 0.2) is 17.3 Å². The molecule has 0 amide bonds. The van der Waals surface area contributed by atoms with E-state index in [1.165, 1.54) is 21.1 Å². The number of fused-ring (bicyclic) bond motifs is 1. The van der Waals surface area contributed by atoms with E-state index in [1.807, 2.05) is 24.3 Å². The molecule has 4 aromatic rings. The average molecular weight is 551 g/mol. The molecule has 1 N–H and O–H groups in total. The number of carbonyl (C=O) groups excluding carboxylic acids is 1. The van der Waals surface area contributed by atoms with Crippen LogP contribution in [0.1, 0.15) is 38.4 Å². The van der Waals surface area contributed by atoms with Gasteiger partial charge in [0.1, 0.15) is 17.2 Å². The average Bonchev–Trinajstić information content (AvgIpc) is 3.19. The Morgan fingerprint density at radius 2 is 1.83 bits per heavy atom. The standard InChI is InChI=1S/C27H23BrN2O6/c1-14-19(13-29)26(32)30(10-9-16-5-8-20(34-3)22(11-16)35-4)27(33)23(14)24(31)25-15(2)18-7-6-17(28)12-21(18)36-25/h5-8,11-12,33H,9-10H2,1-4H3. The van der Waals surface area contributed by atoms with Gasteiger partial charge in [-0.3, -0.25) is 14.2 Å². The number of ether oxygens (including phenoxy) is 2. The third kappa shape index (κ3) is 4.25. The summed E-state index contributed by atoms with van der Waals surface area (Å²) in [6, 6.07) is 12.6. The molecule has 0 bridgehead atoms. The van der Waals surface area contributed by atoms with Crippen LogP contribution in [0.4, 0.5) is 0 Å². The first kappa shape index (κ1) is 25.1. The predicted octanol–water partition coefficient (Wildman–Crippen LogP) is 5.04. The number of nitriles is 1. The smallest absolute Gasteiger partial charge is 0.271 e. The lowest BCUT2D eigenvalue weighted by Gasteiger charge is -2.16. The SMILES string of the molecule is COc1ccc(CCn2c(O)c(C(=O)c3oc4cc(Br)ccc4c3C)c(C)c(C#N)c2=O)cc1OC. The maximum absolute atomic E-state index is 13.6. The van der Waals surface area contributed by atoms with Crippen molar-refractivity contribution >= 4 is 32.7 Å². The molecule has 0 atom stereocenters. The third-order valence-corrected chi connectivity index (χ3v) is 6.70. The molecule has 0 unspecified atom stereocenters. The highest BCUT2D eigenvalue weighted by Gasteiger charge is 2.28. The summed E-state index contributed by atoms with van der Waals surface area (Å²) in [6.45, 7) is 3.25. The second-order valence-electron chi connectivity index (χ2n) is 8.23. The molecule has 0 aliphatic rings. The number of hydrogen-bond acceptors (Lipinski definition) is 7. The van der Waals surface area contributed by atoms with Gasteiger partial charge in [-0.05, 0) is 61.7 Å². The van der Waals surface area contributed by atoms with Crippen LogP contribution in [0.25, 0.3) is 11.0 Å². The number of hydrogen-bond donors (Lipinski definition) is 1. The van der Waals surface area contributed by atoms with Gasteiger partial charge in [-0.15, -0.1) is 0 Å². The van der Waals surface area contributed by atoms with E-state index in [9.17, 15) is 20.0 Å². The Labute approximate surface area is 215 Å². The Bertz CT molecular complexity index is 1610. The van der Waals surface area contributed by atoms with Crippen LogP contribution >= 0.6 is 15.9 Å². The highest BCUT2D eigenvalue weighted by atomic mass is 79.9. The van der Waals surface area contributed by atoms with E-state index in [0.29, 0.717) is 29.1 Å². The summed E-state index contributed by atoms with van der Waals surface area (Å²) in [4.78, 5) is 26.6. The number of pyridine rings is 1. The number of methoxy groups -OCH3 is 2. The van der Waals surface area contributed by atoms with Crippen molar-refractivity contribution in [1.82, 2.24) is 4.57 Å². The normalized spacial score (nSPS) is 10.9. The number of nitrogens with zero attached hydrogens (tertiary/aromatic N) is 2. The quantitative estimate of drug-likeness (QED) is 0.320. The number of rotatable bonds is 7. The van der Waals surface area contributed by atoms with E-state index in [-0.39, 0.29) is 29.0 Å². The zero-order valence-corrected chi connectivity index (χ0v) is 21.7. The van der Waals surface area contributed by atoms with Gasteiger partial charge in [0.05, 0.1) is 19.8 Å². The first-order valence-electron chi connectivity index (χ1n) is 11.0. The molecule has 0 aliphatic carbocycles. The van der Waals surface area contributed by atoms with Crippen molar-refractivity contribution in [3.63, 3.8) is 0 Å². The number of carbonyl (C=O) groups is 1. The number of benzene rings is 2. The van der Waals surface area contributed by atoms with Crippen LogP contribution in [0.3, 0.4) is 0 Å². The van der Waals surface area contributed by atoms with E-state index in [4.69, 9.17) is 13.9 Å². The van der Waals surface area contributed by atoms with Crippen molar-refractivity contribution in [2.45, 2.75) is 26.8 Å². The van der Waals surface area contributed by atoms with Crippen LogP contribution in [0.2, 0.25) is 0 Å². The summed E-state index contributed by atoms with van der Waals surface area (Å²) in [7, 11) is 3.06. The molecule has 0 fully saturated rings. The van der Waals surface area contributed by atoms with Gasteiger partial charge in [-0.25, -0.2) is 0 Å². The predicted molar refractivity (Wildman–Crippen MR) is 137 cm³/mol. The van der Waals surface area contributed by atoms with E-state index in [0.717, 1.165) is 20.0 Å². The highest BCUT2D eigenvalue weighted by molar-refractivity contribution is 9.10. The summed E-state index contributed by atoms with van der Waals surface area (Å²) in [5, 5.41) is 21.5. The molecule has 8 nitrogen and oxygen atoms in total. The molecule has 36 heavy (non-hydrogen) atoms. The van der Waals surface area contributed by atoms with Crippen molar-refractivity contribution in [1.29, 1.82) is 5.26 Å². The number of halogens is 1. The fourth-order valence-corrected chi connectivity index (χ4v) is 4.58. The number of aromatic nitrogens is 1. The molecule has 0 saturated carbocycles. The van der Waals surface area contributed by atoms with Crippen LogP contribution in [-0.4, -0.2) is 29.7 Å². The lowest BCUT2D eigenvalue weighted by atomic mass is 9.98. The molecule has 9 heteroatoms. The first-order chi connectivity index (χ1) is 17.2. The largest absolute Gasteiger partial charge is 0.494 e. The third-order valence-electron chi connectivity index (χ3n) is 6.21. The van der Waals surface area contributed by atoms with E-state index in [2.05, 4.69) is 15.9 Å². The molecule has 0 radical (unpaired) electrons. The number of aromatic hydroxyl groups is 1. The van der Waals surface area contributed by atoms with Gasteiger partial charge in [-0.1, -0.05) is 22.0 Å². The van der Waals surface area contributed by atoms with Gasteiger partial charge in [0, 0.05) is 22.0 Å². The molecule has 0 saturated heterocycles. The second-order valence-corrected chi connectivity index (χ2v) is 9.15. The molecular weight excluding hydrogens is 528 g/mol. The Morgan fingerprint density at radius 3 is 2.50 bits per heavy atom. The molecule has 0 aliphatic heterocycles. The zero-order chi connectivity index (χ0) is 26.1. The Hall–Kier alpha value is -4.03. The summed E-state index contributed by atoms with van der Waals surface area (Å²) in [5.41, 5.74) is 1.000. The summed E-state index contributed by atoms with van der Waals surface area (Å²) >= 11 is 3.39. The molecule has 4 rings (SSSR count). The zero-order valence-electron chi connectivity index (χ0n) is 20.1. The maximum atomic E-state index is 13.6. The lowest BCUT2D eigenvalue weighted by Crippen LogP contribution is -2.27.